The Morgan fingerprint density at radius 3 is 2.89 bits per heavy atom. The number of hydrogen-bond acceptors (Lipinski definition) is 6. The number of hydrogen-bond donors (Lipinski definition) is 0. The molecule has 1 rings (SSSR count). The first-order valence-corrected chi connectivity index (χ1v) is 1.94. The summed E-state index contributed by atoms with van der Waals surface area (Å²) < 4.78 is 4.01. The van der Waals surface area contributed by atoms with E-state index in [1.165, 1.54) is 0 Å². The van der Waals surface area contributed by atoms with E-state index in [2.05, 4.69) is 20.1 Å². The molecule has 0 N–H and O–H groups in total. The van der Waals surface area contributed by atoms with Crippen LogP contribution in [0, 0.1) is 16.2 Å². The highest BCUT2D eigenvalue weighted by molar-refractivity contribution is 5.39. The van der Waals surface area contributed by atoms with E-state index in [0.717, 1.165) is 0 Å². The van der Waals surface area contributed by atoms with Gasteiger partial charge in [0.25, 0.3) is 5.82 Å². The van der Waals surface area contributed by atoms with Crippen LogP contribution in [0.4, 0.5) is 5.82 Å². The monoisotopic (exact) mass is 124 g/mol. The molecule has 0 saturated heterocycles. The first kappa shape index (κ1) is 5.37. The highest BCUT2D eigenvalue weighted by Gasteiger charge is 2.07. The molecule has 1 heterocycles. The number of aromatic nitrogens is 2. The van der Waals surface area contributed by atoms with Gasteiger partial charge in [-0.05, 0) is 15.5 Å². The van der Waals surface area contributed by atoms with Crippen molar-refractivity contribution in [3.8, 4) is 6.07 Å². The van der Waals surface area contributed by atoms with Gasteiger partial charge in [0.1, 0.15) is 6.07 Å². The lowest BCUT2D eigenvalue weighted by Crippen LogP contribution is -1.69. The molecule has 0 amide bonds. The zero-order chi connectivity index (χ0) is 6.69. The standard InChI is InChI=1S/C3N4O2/c4-1-2-3(5-8)7-9-6-2. The molecule has 0 unspecified atom stereocenters. The van der Waals surface area contributed by atoms with Crippen molar-refractivity contribution >= 4 is 5.82 Å². The van der Waals surface area contributed by atoms with E-state index in [-0.39, 0.29) is 11.5 Å². The maximum absolute atomic E-state index is 9.68. The Labute approximate surface area is 49.0 Å². The fourth-order valence-electron chi connectivity index (χ4n) is 0.314. The van der Waals surface area contributed by atoms with Gasteiger partial charge >= 0.3 is 0 Å². The van der Waals surface area contributed by atoms with Crippen LogP contribution in [0.2, 0.25) is 0 Å². The summed E-state index contributed by atoms with van der Waals surface area (Å²) in [5.41, 5.74) is -0.190. The lowest BCUT2D eigenvalue weighted by Gasteiger charge is -1.66. The first-order valence-electron chi connectivity index (χ1n) is 1.94. The number of nitrogens with zero attached hydrogens (tertiary/aromatic N) is 4. The Bertz CT molecular complexity index is 259. The van der Waals surface area contributed by atoms with Crippen LogP contribution in [-0.2, 0) is 0 Å². The molecule has 0 aliphatic heterocycles. The molecule has 1 aromatic rings. The second-order valence-corrected chi connectivity index (χ2v) is 1.14. The smallest absolute Gasteiger partial charge is 0.241 e. The highest BCUT2D eigenvalue weighted by atomic mass is 16.6. The highest BCUT2D eigenvalue weighted by Crippen LogP contribution is 2.09. The van der Waals surface area contributed by atoms with Crippen LogP contribution in [0.3, 0.4) is 0 Å². The van der Waals surface area contributed by atoms with Crippen LogP contribution < -0.4 is 0 Å². The summed E-state index contributed by atoms with van der Waals surface area (Å²) in [5, 5.41) is 16.6. The van der Waals surface area contributed by atoms with Crippen LogP contribution in [0.5, 0.6) is 0 Å². The number of nitroso groups, excluding NO2 is 1. The molecular weight excluding hydrogens is 124 g/mol. The van der Waals surface area contributed by atoms with Gasteiger partial charge in [0.2, 0.25) is 5.69 Å². The molecule has 1 aromatic heterocycles. The summed E-state index contributed by atoms with van der Waals surface area (Å²) in [6.45, 7) is 0. The van der Waals surface area contributed by atoms with Crippen LogP contribution >= 0.6 is 0 Å². The Balaban J connectivity index is 3.17. The molecule has 0 atom stereocenters. The van der Waals surface area contributed by atoms with Gasteiger partial charge in [-0.2, -0.15) is 5.26 Å². The number of nitriles is 1. The van der Waals surface area contributed by atoms with E-state index in [9.17, 15) is 4.91 Å². The lowest BCUT2D eigenvalue weighted by atomic mass is 10.5. The van der Waals surface area contributed by atoms with E-state index >= 15 is 0 Å². The van der Waals surface area contributed by atoms with Gasteiger partial charge in [-0.25, -0.2) is 4.63 Å². The largest absolute Gasteiger partial charge is 0.277 e. The van der Waals surface area contributed by atoms with Crippen molar-refractivity contribution in [2.24, 2.45) is 5.18 Å². The average molecular weight is 124 g/mol. The van der Waals surface area contributed by atoms with Crippen molar-refractivity contribution < 1.29 is 4.63 Å². The summed E-state index contributed by atoms with van der Waals surface area (Å²) >= 11 is 0. The minimum Gasteiger partial charge on any atom is -0.241 e. The van der Waals surface area contributed by atoms with Gasteiger partial charge in [0.05, 0.1) is 0 Å². The zero-order valence-electron chi connectivity index (χ0n) is 4.11. The quantitative estimate of drug-likeness (QED) is 0.503. The Hall–Kier alpha value is -1.77. The molecule has 9 heavy (non-hydrogen) atoms. The molecule has 0 spiro atoms. The number of rotatable bonds is 1. The molecule has 0 bridgehead atoms. The van der Waals surface area contributed by atoms with Crippen molar-refractivity contribution in [2.75, 3.05) is 0 Å². The predicted octanol–water partition coefficient (Wildman–Crippen LogP) is 0.339. The molecule has 6 nitrogen and oxygen atoms in total. The van der Waals surface area contributed by atoms with Crippen molar-refractivity contribution in [2.45, 2.75) is 0 Å². The molecule has 44 valence electrons. The van der Waals surface area contributed by atoms with Crippen LogP contribution in [-0.4, -0.2) is 10.3 Å². The second-order valence-electron chi connectivity index (χ2n) is 1.14. The lowest BCUT2D eigenvalue weighted by molar-refractivity contribution is 0.307. The molecule has 6 heteroatoms. The predicted molar refractivity (Wildman–Crippen MR) is 24.5 cm³/mol. The summed E-state index contributed by atoms with van der Waals surface area (Å²) in [4.78, 5) is 9.68. The van der Waals surface area contributed by atoms with E-state index < -0.39 is 0 Å². The van der Waals surface area contributed by atoms with Gasteiger partial charge in [-0.15, -0.1) is 4.91 Å². The van der Waals surface area contributed by atoms with Crippen molar-refractivity contribution in [1.82, 2.24) is 10.3 Å². The van der Waals surface area contributed by atoms with Crippen LogP contribution in [0.15, 0.2) is 9.81 Å². The van der Waals surface area contributed by atoms with Crippen LogP contribution in [0.1, 0.15) is 5.69 Å². The molecule has 0 aliphatic rings. The Morgan fingerprint density at radius 1 is 1.67 bits per heavy atom. The second kappa shape index (κ2) is 2.00. The summed E-state index contributed by atoms with van der Waals surface area (Å²) in [6, 6.07) is 1.57. The maximum atomic E-state index is 9.68. The van der Waals surface area contributed by atoms with Crippen molar-refractivity contribution in [3.63, 3.8) is 0 Å². The van der Waals surface area contributed by atoms with Crippen LogP contribution in [0.25, 0.3) is 0 Å². The zero-order valence-corrected chi connectivity index (χ0v) is 4.11. The third-order valence-electron chi connectivity index (χ3n) is 0.664. The van der Waals surface area contributed by atoms with E-state index in [1.54, 1.807) is 6.07 Å². The Kier molecular flexibility index (Phi) is 1.19. The van der Waals surface area contributed by atoms with Gasteiger partial charge in [0.15, 0.2) is 0 Å². The minimum atomic E-state index is -0.308. The molecular formula is C3N4O2. The third kappa shape index (κ3) is 0.745. The SMILES string of the molecule is N#Cc1nonc1N=O. The molecule has 0 saturated carbocycles. The van der Waals surface area contributed by atoms with Crippen molar-refractivity contribution in [1.29, 1.82) is 5.26 Å². The summed E-state index contributed by atoms with van der Waals surface area (Å²) in [5.74, 6) is -0.308. The molecule has 0 radical (unpaired) electrons. The van der Waals surface area contributed by atoms with Gasteiger partial charge in [-0.3, -0.25) is 0 Å². The van der Waals surface area contributed by atoms with E-state index in [0.29, 0.717) is 0 Å². The topological polar surface area (TPSA) is 92.1 Å². The maximum Gasteiger partial charge on any atom is 0.277 e. The third-order valence-corrected chi connectivity index (χ3v) is 0.664. The van der Waals surface area contributed by atoms with E-state index in [1.807, 2.05) is 0 Å². The average Bonchev–Trinajstić information content (AvgIpc) is 2.33. The Morgan fingerprint density at radius 2 is 2.44 bits per heavy atom. The summed E-state index contributed by atoms with van der Waals surface area (Å²) in [7, 11) is 0. The summed E-state index contributed by atoms with van der Waals surface area (Å²) in [6.07, 6.45) is 0. The minimum absolute atomic E-state index is 0.190. The van der Waals surface area contributed by atoms with Gasteiger partial charge in [0, 0.05) is 0 Å². The molecule has 0 fully saturated rings. The van der Waals surface area contributed by atoms with E-state index in [4.69, 9.17) is 5.26 Å². The molecule has 0 aliphatic carbocycles. The van der Waals surface area contributed by atoms with Gasteiger partial charge in [-0.1, -0.05) is 0 Å². The van der Waals surface area contributed by atoms with Crippen molar-refractivity contribution in [3.05, 3.63) is 10.6 Å². The first-order chi connectivity index (χ1) is 4.38. The fraction of sp³-hybridized carbons (Fsp3) is 0. The van der Waals surface area contributed by atoms with Gasteiger partial charge < -0.3 is 0 Å². The molecule has 0 aromatic carbocycles. The fourth-order valence-corrected chi connectivity index (χ4v) is 0.314. The normalized spacial score (nSPS) is 8.33.